The molecule has 33 heavy (non-hydrogen) atoms. The average molecular weight is 487 g/mol. The van der Waals surface area contributed by atoms with E-state index in [0.717, 1.165) is 43.8 Å². The van der Waals surface area contributed by atoms with Crippen molar-refractivity contribution in [3.05, 3.63) is 69.7 Å². The van der Waals surface area contributed by atoms with Crippen molar-refractivity contribution < 1.29 is 9.53 Å². The monoisotopic (exact) mass is 486 g/mol. The van der Waals surface area contributed by atoms with Crippen LogP contribution in [0.2, 0.25) is 10.0 Å². The van der Waals surface area contributed by atoms with Gasteiger partial charge in [0.05, 0.1) is 7.11 Å². The van der Waals surface area contributed by atoms with Crippen LogP contribution >= 0.6 is 23.2 Å². The summed E-state index contributed by atoms with van der Waals surface area (Å²) in [7, 11) is 1.71. The third-order valence-corrected chi connectivity index (χ3v) is 7.33. The highest BCUT2D eigenvalue weighted by Gasteiger charge is 2.29. The quantitative estimate of drug-likeness (QED) is 0.475. The summed E-state index contributed by atoms with van der Waals surface area (Å²) in [5.74, 6) is 2.16. The van der Waals surface area contributed by atoms with Crippen molar-refractivity contribution in [2.24, 2.45) is 5.92 Å². The number of amides is 1. The molecule has 2 aliphatic rings. The van der Waals surface area contributed by atoms with Gasteiger partial charge in [-0.3, -0.25) is 4.79 Å². The van der Waals surface area contributed by atoms with Gasteiger partial charge in [0.15, 0.2) is 0 Å². The van der Waals surface area contributed by atoms with Crippen molar-refractivity contribution in [3.63, 3.8) is 0 Å². The topological polar surface area (TPSA) is 41.6 Å². The molecule has 1 N–H and O–H groups in total. The minimum Gasteiger partial charge on any atom is -0.497 e. The summed E-state index contributed by atoms with van der Waals surface area (Å²) < 4.78 is 5.28. The van der Waals surface area contributed by atoms with Crippen LogP contribution in [0.5, 0.6) is 5.75 Å². The Balaban J connectivity index is 1.19. The number of carbonyl (C=O) groups is 1. The van der Waals surface area contributed by atoms with Gasteiger partial charge in [0.2, 0.25) is 5.91 Å². The van der Waals surface area contributed by atoms with Crippen molar-refractivity contribution in [2.75, 3.05) is 26.7 Å². The molecule has 2 aromatic rings. The zero-order valence-corrected chi connectivity index (χ0v) is 20.6. The van der Waals surface area contributed by atoms with E-state index >= 15 is 0 Å². The van der Waals surface area contributed by atoms with Crippen LogP contribution in [0.15, 0.2) is 48.5 Å². The van der Waals surface area contributed by atoms with Crippen LogP contribution in [0.3, 0.4) is 0 Å². The van der Waals surface area contributed by atoms with Crippen LogP contribution < -0.4 is 10.1 Å². The largest absolute Gasteiger partial charge is 0.497 e. The van der Waals surface area contributed by atoms with Crippen LogP contribution in [0.25, 0.3) is 6.08 Å². The van der Waals surface area contributed by atoms with Gasteiger partial charge < -0.3 is 15.0 Å². The molecule has 4 rings (SSSR count). The number of nitrogens with zero attached hydrogens (tertiary/aromatic N) is 1. The highest BCUT2D eigenvalue weighted by molar-refractivity contribution is 6.34. The molecule has 6 heteroatoms. The van der Waals surface area contributed by atoms with Crippen LogP contribution in [-0.4, -0.2) is 43.6 Å². The molecule has 0 bridgehead atoms. The van der Waals surface area contributed by atoms with E-state index in [1.54, 1.807) is 37.5 Å². The van der Waals surface area contributed by atoms with Gasteiger partial charge in [0, 0.05) is 28.7 Å². The standard InChI is InChI=1S/C27H32Cl2N2O2/c1-33-26-7-4-21(5-8-26)22-10-12-31(13-11-22)18-20-2-6-25(16-20)30-27(32)9-3-19-14-23(28)17-24(29)15-19/h3-5,7-9,14-15,17,20,22,25H,2,6,10-13,16,18H2,1H3,(H,30,32)/b9-3+. The molecule has 2 fully saturated rings. The Kier molecular flexibility index (Phi) is 8.34. The Morgan fingerprint density at radius 2 is 1.76 bits per heavy atom. The van der Waals surface area contributed by atoms with E-state index in [1.165, 1.54) is 24.8 Å². The van der Waals surface area contributed by atoms with Crippen LogP contribution in [-0.2, 0) is 4.79 Å². The van der Waals surface area contributed by atoms with Gasteiger partial charge in [-0.1, -0.05) is 35.3 Å². The number of methoxy groups -OCH3 is 1. The Labute approximate surface area is 206 Å². The summed E-state index contributed by atoms with van der Waals surface area (Å²) in [6, 6.07) is 14.1. The lowest BCUT2D eigenvalue weighted by atomic mass is 9.89. The third kappa shape index (κ3) is 6.99. The van der Waals surface area contributed by atoms with Crippen LogP contribution in [0.4, 0.5) is 0 Å². The second-order valence-electron chi connectivity index (χ2n) is 9.27. The smallest absolute Gasteiger partial charge is 0.244 e. The second-order valence-corrected chi connectivity index (χ2v) is 10.1. The van der Waals surface area contributed by atoms with Crippen LogP contribution in [0.1, 0.15) is 49.1 Å². The van der Waals surface area contributed by atoms with Gasteiger partial charge in [0.1, 0.15) is 5.75 Å². The fourth-order valence-electron chi connectivity index (χ4n) is 5.15. The number of hydrogen-bond acceptors (Lipinski definition) is 3. The third-order valence-electron chi connectivity index (χ3n) is 6.89. The number of benzene rings is 2. The summed E-state index contributed by atoms with van der Waals surface area (Å²) in [5.41, 5.74) is 2.25. The maximum absolute atomic E-state index is 12.4. The van der Waals surface area contributed by atoms with E-state index in [4.69, 9.17) is 27.9 Å². The number of rotatable bonds is 7. The molecule has 1 amide bonds. The molecule has 2 atom stereocenters. The molecule has 0 radical (unpaired) electrons. The van der Waals surface area contributed by atoms with E-state index in [1.807, 2.05) is 0 Å². The number of hydrogen-bond donors (Lipinski definition) is 1. The molecule has 1 saturated heterocycles. The highest BCUT2D eigenvalue weighted by Crippen LogP contribution is 2.32. The summed E-state index contributed by atoms with van der Waals surface area (Å²) in [5, 5.41) is 4.29. The first-order valence-electron chi connectivity index (χ1n) is 11.8. The molecule has 2 unspecified atom stereocenters. The van der Waals surface area contributed by atoms with E-state index in [-0.39, 0.29) is 11.9 Å². The number of carbonyl (C=O) groups excluding carboxylic acids is 1. The van der Waals surface area contributed by atoms with Gasteiger partial charge in [-0.05, 0) is 105 Å². The highest BCUT2D eigenvalue weighted by atomic mass is 35.5. The first-order valence-corrected chi connectivity index (χ1v) is 12.5. The van der Waals surface area contributed by atoms with Crippen LogP contribution in [0, 0.1) is 5.92 Å². The lowest BCUT2D eigenvalue weighted by Crippen LogP contribution is -2.37. The van der Waals surface area contributed by atoms with E-state index in [0.29, 0.717) is 21.9 Å². The molecule has 1 aliphatic heterocycles. The normalized spacial score (nSPS) is 22.0. The zero-order chi connectivity index (χ0) is 23.2. The molecule has 4 nitrogen and oxygen atoms in total. The lowest BCUT2D eigenvalue weighted by Gasteiger charge is -2.33. The zero-order valence-electron chi connectivity index (χ0n) is 19.1. The first kappa shape index (κ1) is 24.1. The SMILES string of the molecule is COc1ccc(C2CCN(CC3CCC(NC(=O)/C=C/c4cc(Cl)cc(Cl)c4)C3)CC2)cc1. The second kappa shape index (κ2) is 11.4. The number of piperidine rings is 1. The predicted molar refractivity (Wildman–Crippen MR) is 136 cm³/mol. The molecule has 2 aromatic carbocycles. The summed E-state index contributed by atoms with van der Waals surface area (Å²) >= 11 is 12.0. The fraction of sp³-hybridized carbons (Fsp3) is 0.444. The van der Waals surface area contributed by atoms with Gasteiger partial charge in [-0.2, -0.15) is 0 Å². The van der Waals surface area contributed by atoms with Gasteiger partial charge in [0.25, 0.3) is 0 Å². The number of halogens is 2. The van der Waals surface area contributed by atoms with Crippen molar-refractivity contribution in [1.29, 1.82) is 0 Å². The Morgan fingerprint density at radius 3 is 2.42 bits per heavy atom. The number of nitrogens with one attached hydrogen (secondary N) is 1. The van der Waals surface area contributed by atoms with Crippen molar-refractivity contribution in [2.45, 2.75) is 44.1 Å². The average Bonchev–Trinajstić information content (AvgIpc) is 3.24. The minimum atomic E-state index is -0.0583. The molecule has 1 heterocycles. The summed E-state index contributed by atoms with van der Waals surface area (Å²) in [6.45, 7) is 3.43. The molecule has 0 spiro atoms. The Morgan fingerprint density at radius 1 is 1.06 bits per heavy atom. The van der Waals surface area contributed by atoms with E-state index in [2.05, 4.69) is 34.5 Å². The summed E-state index contributed by atoms with van der Waals surface area (Å²) in [6.07, 6.45) is 9.02. The minimum absolute atomic E-state index is 0.0583. The molecular weight excluding hydrogens is 455 g/mol. The van der Waals surface area contributed by atoms with E-state index < -0.39 is 0 Å². The first-order chi connectivity index (χ1) is 16.0. The number of ether oxygens (including phenoxy) is 1. The Hall–Kier alpha value is -2.01. The number of likely N-dealkylation sites (tertiary alicyclic amines) is 1. The molecule has 1 saturated carbocycles. The van der Waals surface area contributed by atoms with Gasteiger partial charge in [-0.15, -0.1) is 0 Å². The van der Waals surface area contributed by atoms with Crippen molar-refractivity contribution in [1.82, 2.24) is 10.2 Å². The lowest BCUT2D eigenvalue weighted by molar-refractivity contribution is -0.117. The predicted octanol–water partition coefficient (Wildman–Crippen LogP) is 6.18. The Bertz CT molecular complexity index is 948. The molecular formula is C27H32Cl2N2O2. The van der Waals surface area contributed by atoms with E-state index in [9.17, 15) is 4.79 Å². The molecule has 0 aromatic heterocycles. The van der Waals surface area contributed by atoms with Crippen molar-refractivity contribution in [3.8, 4) is 5.75 Å². The molecule has 176 valence electrons. The summed E-state index contributed by atoms with van der Waals surface area (Å²) in [4.78, 5) is 15.0. The fourth-order valence-corrected chi connectivity index (χ4v) is 5.70. The molecule has 1 aliphatic carbocycles. The van der Waals surface area contributed by atoms with Gasteiger partial charge in [-0.25, -0.2) is 0 Å². The maximum atomic E-state index is 12.4. The van der Waals surface area contributed by atoms with Gasteiger partial charge >= 0.3 is 0 Å². The van der Waals surface area contributed by atoms with Crippen molar-refractivity contribution >= 4 is 35.2 Å². The maximum Gasteiger partial charge on any atom is 0.244 e.